The van der Waals surface area contributed by atoms with Crippen molar-refractivity contribution in [2.45, 2.75) is 11.4 Å². The number of nitrogens with zero attached hydrogens (tertiary/aromatic N) is 2. The van der Waals surface area contributed by atoms with E-state index in [1.807, 2.05) is 60.7 Å². The van der Waals surface area contributed by atoms with Crippen molar-refractivity contribution < 1.29 is 13.9 Å². The minimum Gasteiger partial charge on any atom is -0.497 e. The lowest BCUT2D eigenvalue weighted by molar-refractivity contribution is -0.115. The molecule has 1 aromatic heterocycles. The van der Waals surface area contributed by atoms with Crippen LogP contribution in [-0.4, -0.2) is 23.8 Å². The first-order valence-electron chi connectivity index (χ1n) is 10.9. The Bertz CT molecular complexity index is 1350. The average molecular weight is 484 g/mol. The fourth-order valence-corrected chi connectivity index (χ4v) is 4.43. The van der Waals surface area contributed by atoms with E-state index in [4.69, 9.17) is 9.72 Å². The highest BCUT2D eigenvalue weighted by molar-refractivity contribution is 7.99. The van der Waals surface area contributed by atoms with Crippen molar-refractivity contribution in [3.63, 3.8) is 0 Å². The molecule has 3 aromatic carbocycles. The second kappa shape index (κ2) is 11.3. The third-order valence-electron chi connectivity index (χ3n) is 5.26. The second-order valence-corrected chi connectivity index (χ2v) is 8.68. The van der Waals surface area contributed by atoms with Gasteiger partial charge in [0, 0.05) is 29.0 Å². The molecule has 4 rings (SSSR count). The van der Waals surface area contributed by atoms with Crippen LogP contribution in [0.3, 0.4) is 0 Å². The maximum atomic E-state index is 13.1. The van der Waals surface area contributed by atoms with E-state index < -0.39 is 0 Å². The van der Waals surface area contributed by atoms with Crippen molar-refractivity contribution >= 4 is 23.4 Å². The van der Waals surface area contributed by atoms with Crippen LogP contribution >= 0.6 is 11.8 Å². The van der Waals surface area contributed by atoms with E-state index >= 15 is 0 Å². The van der Waals surface area contributed by atoms with Crippen LogP contribution in [-0.2, 0) is 4.79 Å². The number of aromatic nitrogens is 1. The van der Waals surface area contributed by atoms with Crippen molar-refractivity contribution in [3.05, 3.63) is 96.3 Å². The number of benzene rings is 3. The molecule has 0 atom stereocenters. The van der Waals surface area contributed by atoms with Gasteiger partial charge in [-0.25, -0.2) is 9.37 Å². The summed E-state index contributed by atoms with van der Waals surface area (Å²) in [6.07, 6.45) is 0.210. The third-order valence-corrected chi connectivity index (χ3v) is 6.24. The van der Waals surface area contributed by atoms with Crippen LogP contribution in [0.2, 0.25) is 0 Å². The molecule has 4 aromatic rings. The standard InChI is InChI=1S/C28H22FN3O2S/c1-34-23-13-7-19(8-14-23)24-17-26(20-5-3-2-4-6-20)32-28(25(24)18-30)35-16-15-27(33)31-22-11-9-21(29)10-12-22/h2-14,17H,15-16H2,1H3,(H,31,33). The fraction of sp³-hybridized carbons (Fsp3) is 0.107. The summed E-state index contributed by atoms with van der Waals surface area (Å²) in [6.45, 7) is 0. The minimum atomic E-state index is -0.361. The predicted molar refractivity (Wildman–Crippen MR) is 137 cm³/mol. The number of carbonyl (C=O) groups is 1. The first-order chi connectivity index (χ1) is 17.1. The quantitative estimate of drug-likeness (QED) is 0.287. The van der Waals surface area contributed by atoms with Crippen LogP contribution in [0.15, 0.2) is 90.0 Å². The van der Waals surface area contributed by atoms with Gasteiger partial charge in [-0.2, -0.15) is 5.26 Å². The number of anilines is 1. The summed E-state index contributed by atoms with van der Waals surface area (Å²) in [5.74, 6) is 0.595. The maximum Gasteiger partial charge on any atom is 0.225 e. The second-order valence-electron chi connectivity index (χ2n) is 7.60. The van der Waals surface area contributed by atoms with E-state index in [-0.39, 0.29) is 18.1 Å². The van der Waals surface area contributed by atoms with Crippen LogP contribution in [0.1, 0.15) is 12.0 Å². The van der Waals surface area contributed by atoms with Gasteiger partial charge < -0.3 is 10.1 Å². The number of pyridine rings is 1. The number of ether oxygens (including phenoxy) is 1. The van der Waals surface area contributed by atoms with Gasteiger partial charge in [-0.05, 0) is 48.0 Å². The van der Waals surface area contributed by atoms with Gasteiger partial charge in [0.15, 0.2) is 0 Å². The number of halogens is 1. The van der Waals surface area contributed by atoms with Gasteiger partial charge in [0.25, 0.3) is 0 Å². The van der Waals surface area contributed by atoms with E-state index in [0.29, 0.717) is 22.0 Å². The highest BCUT2D eigenvalue weighted by atomic mass is 32.2. The average Bonchev–Trinajstić information content (AvgIpc) is 2.90. The third kappa shape index (κ3) is 6.05. The van der Waals surface area contributed by atoms with Crippen molar-refractivity contribution in [1.29, 1.82) is 5.26 Å². The molecule has 0 unspecified atom stereocenters. The summed E-state index contributed by atoms with van der Waals surface area (Å²) < 4.78 is 18.3. The first-order valence-corrected chi connectivity index (χ1v) is 11.9. The summed E-state index contributed by atoms with van der Waals surface area (Å²) in [7, 11) is 1.61. The highest BCUT2D eigenvalue weighted by Gasteiger charge is 2.16. The van der Waals surface area contributed by atoms with Gasteiger partial charge >= 0.3 is 0 Å². The van der Waals surface area contributed by atoms with Crippen molar-refractivity contribution in [2.75, 3.05) is 18.2 Å². The molecule has 5 nitrogen and oxygen atoms in total. The molecule has 0 spiro atoms. The van der Waals surface area contributed by atoms with Crippen LogP contribution < -0.4 is 10.1 Å². The van der Waals surface area contributed by atoms with Gasteiger partial charge in [0.1, 0.15) is 22.7 Å². The predicted octanol–water partition coefficient (Wildman–Crippen LogP) is 6.56. The molecule has 0 aliphatic carbocycles. The van der Waals surface area contributed by atoms with Gasteiger partial charge in [0.05, 0.1) is 18.4 Å². The lowest BCUT2D eigenvalue weighted by Gasteiger charge is -2.13. The summed E-state index contributed by atoms with van der Waals surface area (Å²) in [6, 6.07) is 27.1. The van der Waals surface area contributed by atoms with Crippen molar-refractivity contribution in [1.82, 2.24) is 4.98 Å². The summed E-state index contributed by atoms with van der Waals surface area (Å²) >= 11 is 1.36. The molecular formula is C28H22FN3O2S. The van der Waals surface area contributed by atoms with Crippen molar-refractivity contribution in [3.8, 4) is 34.2 Å². The number of nitriles is 1. The van der Waals surface area contributed by atoms with E-state index in [2.05, 4.69) is 11.4 Å². The maximum absolute atomic E-state index is 13.1. The van der Waals surface area contributed by atoms with Gasteiger partial charge in [-0.3, -0.25) is 4.79 Å². The Morgan fingerprint density at radius 2 is 1.74 bits per heavy atom. The molecule has 1 heterocycles. The zero-order valence-corrected chi connectivity index (χ0v) is 19.8. The lowest BCUT2D eigenvalue weighted by Crippen LogP contribution is -2.12. The smallest absolute Gasteiger partial charge is 0.225 e. The summed E-state index contributed by atoms with van der Waals surface area (Å²) in [5, 5.41) is 13.3. The number of carbonyl (C=O) groups excluding carboxylic acids is 1. The van der Waals surface area contributed by atoms with Gasteiger partial charge in [0.2, 0.25) is 5.91 Å². The van der Waals surface area contributed by atoms with Gasteiger partial charge in [-0.15, -0.1) is 11.8 Å². The number of methoxy groups -OCH3 is 1. The summed E-state index contributed by atoms with van der Waals surface area (Å²) in [5.41, 5.74) is 4.31. The van der Waals surface area contributed by atoms with Crippen LogP contribution in [0.4, 0.5) is 10.1 Å². The largest absolute Gasteiger partial charge is 0.497 e. The SMILES string of the molecule is COc1ccc(-c2cc(-c3ccccc3)nc(SCCC(=O)Nc3ccc(F)cc3)c2C#N)cc1. The molecule has 174 valence electrons. The monoisotopic (exact) mass is 483 g/mol. The molecule has 35 heavy (non-hydrogen) atoms. The number of rotatable bonds is 8. The number of amides is 1. The van der Waals surface area contributed by atoms with Crippen LogP contribution in [0.25, 0.3) is 22.4 Å². The molecule has 0 saturated carbocycles. The molecule has 0 saturated heterocycles. The zero-order chi connectivity index (χ0) is 24.6. The molecule has 0 aliphatic heterocycles. The first kappa shape index (κ1) is 24.0. The number of hydrogen-bond donors (Lipinski definition) is 1. The van der Waals surface area contributed by atoms with E-state index in [9.17, 15) is 14.4 Å². The van der Waals surface area contributed by atoms with Crippen molar-refractivity contribution in [2.24, 2.45) is 0 Å². The number of hydrogen-bond acceptors (Lipinski definition) is 5. The number of nitrogens with one attached hydrogen (secondary N) is 1. The highest BCUT2D eigenvalue weighted by Crippen LogP contribution is 2.35. The molecule has 1 amide bonds. The lowest BCUT2D eigenvalue weighted by atomic mass is 9.99. The Kier molecular flexibility index (Phi) is 7.76. The van der Waals surface area contributed by atoms with Crippen LogP contribution in [0.5, 0.6) is 5.75 Å². The van der Waals surface area contributed by atoms with Crippen LogP contribution in [0, 0.1) is 17.1 Å². The molecule has 1 N–H and O–H groups in total. The molecule has 0 bridgehead atoms. The van der Waals surface area contributed by atoms with E-state index in [1.54, 1.807) is 7.11 Å². The molecule has 0 aliphatic rings. The molecular weight excluding hydrogens is 461 g/mol. The van der Waals surface area contributed by atoms with Gasteiger partial charge in [-0.1, -0.05) is 42.5 Å². The van der Waals surface area contributed by atoms with E-state index in [0.717, 1.165) is 28.1 Å². The Balaban J connectivity index is 1.60. The topological polar surface area (TPSA) is 75.0 Å². The Hall–Kier alpha value is -4.15. The molecule has 7 heteroatoms. The Labute approximate surface area is 207 Å². The Morgan fingerprint density at radius 1 is 1.03 bits per heavy atom. The molecule has 0 fully saturated rings. The van der Waals surface area contributed by atoms with E-state index in [1.165, 1.54) is 36.0 Å². The normalized spacial score (nSPS) is 10.4. The Morgan fingerprint density at radius 3 is 2.40 bits per heavy atom. The zero-order valence-electron chi connectivity index (χ0n) is 19.0. The summed E-state index contributed by atoms with van der Waals surface area (Å²) in [4.78, 5) is 17.1. The fourth-order valence-electron chi connectivity index (χ4n) is 3.49. The minimum absolute atomic E-state index is 0.197. The molecule has 0 radical (unpaired) electrons. The number of thioether (sulfide) groups is 1.